The minimum absolute atomic E-state index is 0.0223. The number of anilines is 1. The Balaban J connectivity index is 1.66. The zero-order valence-corrected chi connectivity index (χ0v) is 16.2. The van der Waals surface area contributed by atoms with E-state index in [4.69, 9.17) is 0 Å². The molecule has 4 nitrogen and oxygen atoms in total. The number of hydrogen-bond acceptors (Lipinski definition) is 3. The molecule has 1 fully saturated rings. The Morgan fingerprint density at radius 2 is 1.81 bits per heavy atom. The molecule has 2 aromatic carbocycles. The Bertz CT molecular complexity index is 804. The van der Waals surface area contributed by atoms with Gasteiger partial charge in [-0.05, 0) is 44.0 Å². The first kappa shape index (κ1) is 18.5. The molecule has 5 heteroatoms. The van der Waals surface area contributed by atoms with Gasteiger partial charge in [0.2, 0.25) is 11.8 Å². The molecule has 2 amide bonds. The van der Waals surface area contributed by atoms with Gasteiger partial charge >= 0.3 is 0 Å². The first-order valence-corrected chi connectivity index (χ1v) is 9.78. The van der Waals surface area contributed by atoms with Crippen molar-refractivity contribution < 1.29 is 9.59 Å². The zero-order valence-electron chi connectivity index (χ0n) is 15.4. The maximum atomic E-state index is 12.6. The van der Waals surface area contributed by atoms with E-state index in [9.17, 15) is 9.59 Å². The summed E-state index contributed by atoms with van der Waals surface area (Å²) in [7, 11) is 0. The summed E-state index contributed by atoms with van der Waals surface area (Å²) in [5.74, 6) is 0.0288. The van der Waals surface area contributed by atoms with Crippen molar-refractivity contribution in [3.05, 3.63) is 65.2 Å². The largest absolute Gasteiger partial charge is 0.326 e. The molecule has 1 N–H and O–H groups in total. The highest BCUT2D eigenvalue weighted by Crippen LogP contribution is 2.43. The van der Waals surface area contributed by atoms with Crippen LogP contribution in [0.3, 0.4) is 0 Å². The smallest absolute Gasteiger partial charge is 0.236 e. The summed E-state index contributed by atoms with van der Waals surface area (Å²) in [6.45, 7) is 6.43. The van der Waals surface area contributed by atoms with Crippen LogP contribution in [0.15, 0.2) is 48.5 Å². The van der Waals surface area contributed by atoms with E-state index >= 15 is 0 Å². The van der Waals surface area contributed by atoms with Gasteiger partial charge in [-0.15, -0.1) is 11.8 Å². The minimum atomic E-state index is -0.0836. The molecule has 1 aliphatic rings. The second kappa shape index (κ2) is 7.96. The second-order valence-corrected chi connectivity index (χ2v) is 8.11. The van der Waals surface area contributed by atoms with Gasteiger partial charge in [0.05, 0.1) is 5.25 Å². The summed E-state index contributed by atoms with van der Waals surface area (Å²) in [6.07, 6.45) is 0.287. The van der Waals surface area contributed by atoms with E-state index < -0.39 is 0 Å². The molecule has 2 aromatic rings. The van der Waals surface area contributed by atoms with Gasteiger partial charge in [0.15, 0.2) is 0 Å². The van der Waals surface area contributed by atoms with Crippen molar-refractivity contribution in [3.63, 3.8) is 0 Å². The van der Waals surface area contributed by atoms with Crippen molar-refractivity contribution in [2.24, 2.45) is 0 Å². The monoisotopic (exact) mass is 368 g/mol. The number of aryl methyl sites for hydroxylation is 2. The van der Waals surface area contributed by atoms with E-state index in [2.05, 4.69) is 24.4 Å². The SMILES string of the molecule is Cc1ccc(NC(=O)CCN2C(=O)[C@@H](C)S[C@H]2c2ccccc2C)cc1. The fourth-order valence-electron chi connectivity index (χ4n) is 3.09. The predicted octanol–water partition coefficient (Wildman–Crippen LogP) is 4.29. The summed E-state index contributed by atoms with van der Waals surface area (Å²) in [5, 5.41) is 2.80. The van der Waals surface area contributed by atoms with Crippen LogP contribution >= 0.6 is 11.8 Å². The molecular formula is C21H24N2O2S. The van der Waals surface area contributed by atoms with E-state index in [1.165, 1.54) is 5.56 Å². The molecule has 136 valence electrons. The van der Waals surface area contributed by atoms with Crippen molar-refractivity contribution >= 4 is 29.3 Å². The molecule has 1 saturated heterocycles. The highest BCUT2D eigenvalue weighted by atomic mass is 32.2. The van der Waals surface area contributed by atoms with Crippen LogP contribution in [0.2, 0.25) is 0 Å². The third-order valence-corrected chi connectivity index (χ3v) is 5.99. The molecule has 26 heavy (non-hydrogen) atoms. The van der Waals surface area contributed by atoms with Gasteiger partial charge in [-0.3, -0.25) is 9.59 Å². The average Bonchev–Trinajstić information content (AvgIpc) is 2.90. The minimum Gasteiger partial charge on any atom is -0.326 e. The fourth-order valence-corrected chi connectivity index (χ4v) is 4.49. The van der Waals surface area contributed by atoms with Crippen molar-refractivity contribution in [1.82, 2.24) is 4.90 Å². The summed E-state index contributed by atoms with van der Waals surface area (Å²) >= 11 is 1.65. The average molecular weight is 369 g/mol. The lowest BCUT2D eigenvalue weighted by molar-refractivity contribution is -0.130. The molecule has 0 saturated carbocycles. The lowest BCUT2D eigenvalue weighted by atomic mass is 10.1. The number of carbonyl (C=O) groups is 2. The maximum absolute atomic E-state index is 12.6. The van der Waals surface area contributed by atoms with Gasteiger partial charge in [-0.1, -0.05) is 42.0 Å². The third-order valence-electron chi connectivity index (χ3n) is 4.62. The topological polar surface area (TPSA) is 49.4 Å². The van der Waals surface area contributed by atoms with Gasteiger partial charge in [-0.2, -0.15) is 0 Å². The molecule has 0 aliphatic carbocycles. The van der Waals surface area contributed by atoms with E-state index in [-0.39, 0.29) is 28.9 Å². The Morgan fingerprint density at radius 3 is 2.50 bits per heavy atom. The van der Waals surface area contributed by atoms with Crippen molar-refractivity contribution in [2.75, 3.05) is 11.9 Å². The molecule has 0 radical (unpaired) electrons. The van der Waals surface area contributed by atoms with Crippen LogP contribution in [-0.4, -0.2) is 28.5 Å². The van der Waals surface area contributed by atoms with Gasteiger partial charge in [0.25, 0.3) is 0 Å². The van der Waals surface area contributed by atoms with Crippen molar-refractivity contribution in [1.29, 1.82) is 0 Å². The van der Waals surface area contributed by atoms with Gasteiger partial charge in [0.1, 0.15) is 5.37 Å². The molecular weight excluding hydrogens is 344 g/mol. The van der Waals surface area contributed by atoms with Crippen LogP contribution in [0.25, 0.3) is 0 Å². The van der Waals surface area contributed by atoms with Gasteiger partial charge in [-0.25, -0.2) is 0 Å². The number of rotatable bonds is 5. The lowest BCUT2D eigenvalue weighted by Gasteiger charge is -2.25. The highest BCUT2D eigenvalue weighted by Gasteiger charge is 2.38. The van der Waals surface area contributed by atoms with E-state index in [1.807, 2.05) is 55.1 Å². The Hall–Kier alpha value is -2.27. The van der Waals surface area contributed by atoms with Crippen LogP contribution in [-0.2, 0) is 9.59 Å². The fraction of sp³-hybridized carbons (Fsp3) is 0.333. The number of benzene rings is 2. The number of hydrogen-bond donors (Lipinski definition) is 1. The molecule has 2 atom stereocenters. The first-order valence-electron chi connectivity index (χ1n) is 8.83. The third kappa shape index (κ3) is 4.10. The van der Waals surface area contributed by atoms with E-state index in [0.29, 0.717) is 6.54 Å². The van der Waals surface area contributed by atoms with E-state index in [1.54, 1.807) is 11.8 Å². The molecule has 1 heterocycles. The molecule has 0 unspecified atom stereocenters. The van der Waals surface area contributed by atoms with Crippen molar-refractivity contribution in [2.45, 2.75) is 37.8 Å². The van der Waals surface area contributed by atoms with Crippen LogP contribution in [0, 0.1) is 13.8 Å². The normalized spacial score (nSPS) is 19.7. The first-order chi connectivity index (χ1) is 12.5. The highest BCUT2D eigenvalue weighted by molar-refractivity contribution is 8.01. The van der Waals surface area contributed by atoms with Crippen molar-refractivity contribution in [3.8, 4) is 0 Å². The number of amides is 2. The Kier molecular flexibility index (Phi) is 5.67. The summed E-state index contributed by atoms with van der Waals surface area (Å²) in [4.78, 5) is 26.7. The summed E-state index contributed by atoms with van der Waals surface area (Å²) < 4.78 is 0. The van der Waals surface area contributed by atoms with Gasteiger partial charge in [0, 0.05) is 18.7 Å². The molecule has 3 rings (SSSR count). The number of nitrogens with zero attached hydrogens (tertiary/aromatic N) is 1. The standard InChI is InChI=1S/C21H24N2O2S/c1-14-8-10-17(11-9-14)22-19(24)12-13-23-20(25)16(3)26-21(23)18-7-5-4-6-15(18)2/h4-11,16,21H,12-13H2,1-3H3,(H,22,24)/t16-,21+/m1/s1. The summed E-state index contributed by atoms with van der Waals surface area (Å²) in [5.41, 5.74) is 4.25. The van der Waals surface area contributed by atoms with Gasteiger partial charge < -0.3 is 10.2 Å². The summed E-state index contributed by atoms with van der Waals surface area (Å²) in [6, 6.07) is 15.8. The molecule has 0 aromatic heterocycles. The van der Waals surface area contributed by atoms with Crippen LogP contribution in [0.4, 0.5) is 5.69 Å². The molecule has 0 bridgehead atoms. The maximum Gasteiger partial charge on any atom is 0.236 e. The number of carbonyl (C=O) groups excluding carboxylic acids is 2. The van der Waals surface area contributed by atoms with E-state index in [0.717, 1.165) is 16.8 Å². The van der Waals surface area contributed by atoms with Crippen LogP contribution in [0.1, 0.15) is 35.4 Å². The quantitative estimate of drug-likeness (QED) is 0.856. The van der Waals surface area contributed by atoms with Crippen LogP contribution in [0.5, 0.6) is 0 Å². The second-order valence-electron chi connectivity index (χ2n) is 6.68. The molecule has 1 aliphatic heterocycles. The Morgan fingerprint density at radius 1 is 1.12 bits per heavy atom. The number of nitrogens with one attached hydrogen (secondary N) is 1. The lowest BCUT2D eigenvalue weighted by Crippen LogP contribution is -2.33. The number of thioether (sulfide) groups is 1. The Labute approximate surface area is 159 Å². The zero-order chi connectivity index (χ0) is 18.7. The van der Waals surface area contributed by atoms with Crippen LogP contribution < -0.4 is 5.32 Å². The predicted molar refractivity (Wildman–Crippen MR) is 107 cm³/mol. The molecule has 0 spiro atoms.